The molecule has 0 bridgehead atoms. The van der Waals surface area contributed by atoms with Gasteiger partial charge in [-0.25, -0.2) is 0 Å². The van der Waals surface area contributed by atoms with Crippen molar-refractivity contribution >= 4 is 26.1 Å². The second-order valence-corrected chi connectivity index (χ2v) is 8.58. The Labute approximate surface area is 81.2 Å². The van der Waals surface area contributed by atoms with Gasteiger partial charge in [0.15, 0.2) is 13.4 Å². The van der Waals surface area contributed by atoms with Crippen molar-refractivity contribution in [1.29, 1.82) is 0 Å². The lowest BCUT2D eigenvalue weighted by atomic mass is 10.5. The molecule has 0 spiro atoms. The molecule has 72 valence electrons. The van der Waals surface area contributed by atoms with Crippen LogP contribution in [0.5, 0.6) is 0 Å². The van der Waals surface area contributed by atoms with E-state index >= 15 is 0 Å². The third kappa shape index (κ3) is 3.73. The first-order valence-electron chi connectivity index (χ1n) is 4.18. The maximum atomic E-state index is 11.0. The van der Waals surface area contributed by atoms with Crippen molar-refractivity contribution in [3.05, 3.63) is 0 Å². The summed E-state index contributed by atoms with van der Waals surface area (Å²) in [6, 6.07) is 0. The summed E-state index contributed by atoms with van der Waals surface area (Å²) >= 11 is 3.82. The van der Waals surface area contributed by atoms with Crippen LogP contribution >= 0.6 is 12.6 Å². The average molecular weight is 206 g/mol. The van der Waals surface area contributed by atoms with Gasteiger partial charge in [0.1, 0.15) is 0 Å². The summed E-state index contributed by atoms with van der Waals surface area (Å²) in [5.74, 6) is 0. The highest BCUT2D eigenvalue weighted by Gasteiger charge is 2.34. The summed E-state index contributed by atoms with van der Waals surface area (Å²) in [6.07, 6.45) is 0.196. The smallest absolute Gasteiger partial charge is 0.198 e. The molecule has 4 heteroatoms. The molecule has 0 aromatic heterocycles. The van der Waals surface area contributed by atoms with E-state index in [-0.39, 0.29) is 16.8 Å². The van der Waals surface area contributed by atoms with Crippen LogP contribution in [0.4, 0.5) is 0 Å². The Balaban J connectivity index is 4.28. The van der Waals surface area contributed by atoms with E-state index in [2.05, 4.69) is 12.6 Å². The van der Waals surface area contributed by atoms with Crippen LogP contribution in [-0.4, -0.2) is 19.5 Å². The van der Waals surface area contributed by atoms with E-state index in [1.165, 1.54) is 0 Å². The predicted octanol–water partition coefficient (Wildman–Crippen LogP) is 2.46. The number of thiol groups is 1. The first-order chi connectivity index (χ1) is 5.27. The quantitative estimate of drug-likeness (QED) is 0.565. The summed E-state index contributed by atoms with van der Waals surface area (Å²) in [5, 5.41) is -0.0627. The van der Waals surface area contributed by atoms with Gasteiger partial charge in [-0.05, 0) is 26.9 Å². The summed E-state index contributed by atoms with van der Waals surface area (Å²) < 4.78 is 5.73. The normalized spacial score (nSPS) is 14.9. The van der Waals surface area contributed by atoms with Crippen LogP contribution in [0.25, 0.3) is 0 Å². The van der Waals surface area contributed by atoms with Gasteiger partial charge in [-0.3, -0.25) is 4.79 Å². The second-order valence-electron chi connectivity index (χ2n) is 3.83. The molecule has 0 fully saturated rings. The summed E-state index contributed by atoms with van der Waals surface area (Å²) in [7, 11) is -1.86. The zero-order valence-corrected chi connectivity index (χ0v) is 10.3. The van der Waals surface area contributed by atoms with E-state index in [9.17, 15) is 4.79 Å². The first kappa shape index (κ1) is 12.2. The summed E-state index contributed by atoms with van der Waals surface area (Å²) in [5.41, 5.74) is -0.0387. The van der Waals surface area contributed by atoms with E-state index in [1.807, 2.05) is 33.9 Å². The van der Waals surface area contributed by atoms with Gasteiger partial charge < -0.3 is 4.43 Å². The number of carbonyl (C=O) groups is 1. The number of hydrogen-bond donors (Lipinski definition) is 1. The Kier molecular flexibility index (Phi) is 4.51. The first-order valence-corrected chi connectivity index (χ1v) is 7.61. The molecule has 0 aliphatic heterocycles. The fourth-order valence-electron chi connectivity index (χ4n) is 1.01. The van der Waals surface area contributed by atoms with Crippen molar-refractivity contribution in [1.82, 2.24) is 0 Å². The van der Waals surface area contributed by atoms with Gasteiger partial charge in [-0.15, -0.1) is 12.6 Å². The highest BCUT2D eigenvalue weighted by atomic mass is 32.1. The molecule has 0 aliphatic carbocycles. The summed E-state index contributed by atoms with van der Waals surface area (Å²) in [4.78, 5) is 11.0. The molecule has 12 heavy (non-hydrogen) atoms. The van der Waals surface area contributed by atoms with Gasteiger partial charge in [0.2, 0.25) is 0 Å². The minimum atomic E-state index is -1.86. The number of rotatable bonds is 4. The van der Waals surface area contributed by atoms with Crippen molar-refractivity contribution in [3.63, 3.8) is 0 Å². The Morgan fingerprint density at radius 3 is 2.00 bits per heavy atom. The molecule has 0 heterocycles. The van der Waals surface area contributed by atoms with Crippen LogP contribution in [0.1, 0.15) is 20.8 Å². The molecule has 0 saturated carbocycles. The molecule has 2 nitrogen and oxygen atoms in total. The molecule has 1 unspecified atom stereocenters. The van der Waals surface area contributed by atoms with Crippen LogP contribution in [-0.2, 0) is 9.22 Å². The highest BCUT2D eigenvalue weighted by Crippen LogP contribution is 2.25. The lowest BCUT2D eigenvalue weighted by Gasteiger charge is -2.29. The van der Waals surface area contributed by atoms with E-state index in [0.29, 0.717) is 0 Å². The molecule has 0 rings (SSSR count). The molecule has 0 N–H and O–H groups in total. The SMILES string of the molecule is CC(C)O[Si](C)(C)C(C)C(=O)S. The average Bonchev–Trinajstić information content (AvgIpc) is 1.82. The lowest BCUT2D eigenvalue weighted by molar-refractivity contribution is -0.110. The predicted molar refractivity (Wildman–Crippen MR) is 57.1 cm³/mol. The highest BCUT2D eigenvalue weighted by molar-refractivity contribution is 7.97. The molecule has 0 radical (unpaired) electrons. The van der Waals surface area contributed by atoms with Gasteiger partial charge in [-0.2, -0.15) is 0 Å². The molecule has 0 aliphatic rings. The van der Waals surface area contributed by atoms with Crippen molar-refractivity contribution < 1.29 is 9.22 Å². The van der Waals surface area contributed by atoms with Crippen LogP contribution < -0.4 is 0 Å². The van der Waals surface area contributed by atoms with Gasteiger partial charge in [0, 0.05) is 11.6 Å². The van der Waals surface area contributed by atoms with Crippen molar-refractivity contribution in [2.24, 2.45) is 0 Å². The Morgan fingerprint density at radius 1 is 1.33 bits per heavy atom. The largest absolute Gasteiger partial charge is 0.414 e. The van der Waals surface area contributed by atoms with Crippen LogP contribution in [0, 0.1) is 0 Å². The standard InChI is InChI=1S/C8H18O2SSi/c1-6(2)10-12(4,5)7(3)8(9)11/h6-7H,1-5H3,(H,9,11). The molecule has 1 atom stereocenters. The maximum Gasteiger partial charge on any atom is 0.198 e. The van der Waals surface area contributed by atoms with E-state index < -0.39 is 8.32 Å². The minimum absolute atomic E-state index is 0.0387. The van der Waals surface area contributed by atoms with Crippen molar-refractivity contribution in [2.45, 2.75) is 45.5 Å². The molecule has 0 amide bonds. The minimum Gasteiger partial charge on any atom is -0.414 e. The van der Waals surface area contributed by atoms with Gasteiger partial charge in [-0.1, -0.05) is 6.92 Å². The third-order valence-electron chi connectivity index (χ3n) is 1.95. The summed E-state index contributed by atoms with van der Waals surface area (Å²) in [6.45, 7) is 9.97. The topological polar surface area (TPSA) is 26.3 Å². The Bertz CT molecular complexity index is 168. The fourth-order valence-corrected chi connectivity index (χ4v) is 3.95. The zero-order valence-electron chi connectivity index (χ0n) is 8.42. The van der Waals surface area contributed by atoms with E-state index in [0.717, 1.165) is 0 Å². The molecule has 0 aromatic carbocycles. The van der Waals surface area contributed by atoms with E-state index in [1.54, 1.807) is 0 Å². The van der Waals surface area contributed by atoms with Gasteiger partial charge in [0.25, 0.3) is 0 Å². The Morgan fingerprint density at radius 2 is 1.75 bits per heavy atom. The fraction of sp³-hybridized carbons (Fsp3) is 0.875. The van der Waals surface area contributed by atoms with E-state index in [4.69, 9.17) is 4.43 Å². The maximum absolute atomic E-state index is 11.0. The number of carbonyl (C=O) groups excluding carboxylic acids is 1. The van der Waals surface area contributed by atoms with Crippen LogP contribution in [0.2, 0.25) is 18.6 Å². The zero-order chi connectivity index (χ0) is 9.94. The lowest BCUT2D eigenvalue weighted by Crippen LogP contribution is -2.40. The number of hydrogen-bond acceptors (Lipinski definition) is 2. The third-order valence-corrected chi connectivity index (χ3v) is 6.01. The monoisotopic (exact) mass is 206 g/mol. The van der Waals surface area contributed by atoms with Crippen molar-refractivity contribution in [2.75, 3.05) is 0 Å². The molecule has 0 saturated heterocycles. The second kappa shape index (κ2) is 4.44. The molecule has 0 aromatic rings. The van der Waals surface area contributed by atoms with Crippen LogP contribution in [0.3, 0.4) is 0 Å². The van der Waals surface area contributed by atoms with Crippen LogP contribution in [0.15, 0.2) is 0 Å². The van der Waals surface area contributed by atoms with Gasteiger partial charge >= 0.3 is 0 Å². The molecular formula is C8H18O2SSi. The van der Waals surface area contributed by atoms with Crippen molar-refractivity contribution in [3.8, 4) is 0 Å². The Hall–Kier alpha value is 0.197. The molecular weight excluding hydrogens is 188 g/mol. The van der Waals surface area contributed by atoms with Gasteiger partial charge in [0.05, 0.1) is 0 Å².